The largest absolute Gasteiger partial charge is 0.481 e. The van der Waals surface area contributed by atoms with Crippen molar-refractivity contribution in [1.82, 2.24) is 15.1 Å². The van der Waals surface area contributed by atoms with Crippen molar-refractivity contribution < 1.29 is 37.4 Å². The van der Waals surface area contributed by atoms with E-state index in [4.69, 9.17) is 4.74 Å². The predicted octanol–water partition coefficient (Wildman–Crippen LogP) is 6.95. The minimum atomic E-state index is -3.49. The number of nitrogens with zero attached hydrogens (tertiary/aromatic N) is 2. The number of likely N-dealkylation sites (tertiary alicyclic amines) is 1. The summed E-state index contributed by atoms with van der Waals surface area (Å²) in [5, 5.41) is 12.0. The van der Waals surface area contributed by atoms with Crippen LogP contribution in [0.2, 0.25) is 0 Å². The lowest BCUT2D eigenvalue weighted by Crippen LogP contribution is -2.59. The molecule has 2 fully saturated rings. The average molecular weight is 736 g/mol. The maximum atomic E-state index is 14.9. The van der Waals surface area contributed by atoms with Crippen LogP contribution in [0, 0.1) is 5.92 Å². The molecular weight excluding hydrogens is 683 g/mol. The summed E-state index contributed by atoms with van der Waals surface area (Å²) in [4.78, 5) is 57.2. The number of allylic oxidation sites excluding steroid dienone is 1. The van der Waals surface area contributed by atoms with Crippen molar-refractivity contribution in [3.8, 4) is 11.1 Å². The highest BCUT2D eigenvalue weighted by Gasteiger charge is 2.65. The molecule has 4 rings (SSSR count). The fourth-order valence-corrected chi connectivity index (χ4v) is 8.79. The van der Waals surface area contributed by atoms with Gasteiger partial charge in [-0.05, 0) is 88.3 Å². The molecule has 1 saturated carbocycles. The van der Waals surface area contributed by atoms with Gasteiger partial charge in [0.25, 0.3) is 5.91 Å². The zero-order valence-electron chi connectivity index (χ0n) is 30.8. The number of aliphatic carboxylic acids is 1. The highest BCUT2D eigenvalue weighted by Crippen LogP contribution is 2.51. The van der Waals surface area contributed by atoms with Crippen molar-refractivity contribution in [3.63, 3.8) is 0 Å². The molecular formula is C40H53N3O8S. The number of hydrogen-bond acceptors (Lipinski definition) is 7. The zero-order chi connectivity index (χ0) is 38.3. The first kappa shape index (κ1) is 40.3. The number of carbonyl (C=O) groups is 4. The summed E-state index contributed by atoms with van der Waals surface area (Å²) >= 11 is 0. The summed E-state index contributed by atoms with van der Waals surface area (Å²) in [5.74, 6) is -3.42. The van der Waals surface area contributed by atoms with Crippen LogP contribution in [-0.4, -0.2) is 88.6 Å². The fourth-order valence-electron chi connectivity index (χ4n) is 7.02. The van der Waals surface area contributed by atoms with E-state index in [9.17, 15) is 32.7 Å². The van der Waals surface area contributed by atoms with Crippen LogP contribution in [0.15, 0.2) is 79.9 Å². The number of ether oxygens (including phenoxy) is 1. The number of amides is 4. The molecule has 11 nitrogen and oxygen atoms in total. The van der Waals surface area contributed by atoms with Gasteiger partial charge in [-0.3, -0.25) is 14.5 Å². The van der Waals surface area contributed by atoms with E-state index in [-0.39, 0.29) is 44.0 Å². The monoisotopic (exact) mass is 735 g/mol. The number of hydrogen-bond donors (Lipinski definition) is 2. The summed E-state index contributed by atoms with van der Waals surface area (Å²) in [5.41, 5.74) is 0.513. The Balaban J connectivity index is 1.74. The molecule has 0 bridgehead atoms. The van der Waals surface area contributed by atoms with Crippen LogP contribution in [0.25, 0.3) is 11.1 Å². The third kappa shape index (κ3) is 9.70. The number of carboxylic acid groups (broad SMARTS) is 1. The molecule has 2 N–H and O–H groups in total. The van der Waals surface area contributed by atoms with Crippen LogP contribution in [0.1, 0.15) is 84.1 Å². The third-order valence-electron chi connectivity index (χ3n) is 9.83. The Hall–Kier alpha value is -4.45. The Morgan fingerprint density at radius 3 is 2.29 bits per heavy atom. The first-order valence-corrected chi connectivity index (χ1v) is 19.7. The molecule has 2 aliphatic rings. The van der Waals surface area contributed by atoms with Crippen LogP contribution < -0.4 is 5.32 Å². The summed E-state index contributed by atoms with van der Waals surface area (Å²) in [7, 11) is -3.49. The number of sulfone groups is 1. The van der Waals surface area contributed by atoms with Gasteiger partial charge in [-0.25, -0.2) is 18.0 Å². The zero-order valence-corrected chi connectivity index (χ0v) is 31.6. The van der Waals surface area contributed by atoms with Gasteiger partial charge in [0, 0.05) is 13.1 Å². The molecule has 1 aliphatic carbocycles. The Morgan fingerprint density at radius 2 is 1.73 bits per heavy atom. The lowest BCUT2D eigenvalue weighted by atomic mass is 9.86. The maximum absolute atomic E-state index is 14.9. The predicted molar refractivity (Wildman–Crippen MR) is 201 cm³/mol. The molecule has 2 aromatic carbocycles. The summed E-state index contributed by atoms with van der Waals surface area (Å²) in [6, 6.07) is 15.8. The number of benzene rings is 2. The Labute approximate surface area is 308 Å². The van der Waals surface area contributed by atoms with Gasteiger partial charge in [-0.15, -0.1) is 13.2 Å². The molecule has 1 aliphatic heterocycles. The molecule has 5 atom stereocenters. The van der Waals surface area contributed by atoms with Crippen molar-refractivity contribution in [2.45, 2.75) is 101 Å². The topological polar surface area (TPSA) is 150 Å². The van der Waals surface area contributed by atoms with E-state index in [2.05, 4.69) is 18.5 Å². The number of carboxylic acids is 1. The number of alkyl carbamates (subject to hydrolysis) is 1. The summed E-state index contributed by atoms with van der Waals surface area (Å²) in [6.45, 7) is 14.5. The van der Waals surface area contributed by atoms with E-state index < -0.39 is 62.2 Å². The van der Waals surface area contributed by atoms with E-state index in [0.717, 1.165) is 34.4 Å². The smallest absolute Gasteiger partial charge is 0.408 e. The minimum absolute atomic E-state index is 0.0263. The van der Waals surface area contributed by atoms with E-state index in [1.165, 1.54) is 11.0 Å². The van der Waals surface area contributed by atoms with E-state index >= 15 is 0 Å². The summed E-state index contributed by atoms with van der Waals surface area (Å²) in [6.07, 6.45) is 4.97. The normalized spacial score (nSPS) is 21.0. The van der Waals surface area contributed by atoms with E-state index in [1.54, 1.807) is 27.7 Å². The number of unbranched alkanes of at least 4 members (excludes halogenated alkanes) is 1. The lowest BCUT2D eigenvalue weighted by molar-refractivity contribution is -0.140. The highest BCUT2D eigenvalue weighted by molar-refractivity contribution is 7.92. The molecule has 12 heteroatoms. The second-order valence-electron chi connectivity index (χ2n) is 14.8. The average Bonchev–Trinajstić information content (AvgIpc) is 3.61. The molecule has 0 aromatic heterocycles. The molecule has 52 heavy (non-hydrogen) atoms. The van der Waals surface area contributed by atoms with Crippen molar-refractivity contribution in [3.05, 3.63) is 85.5 Å². The number of imide groups is 1. The Morgan fingerprint density at radius 1 is 1.08 bits per heavy atom. The van der Waals surface area contributed by atoms with Crippen LogP contribution in [0.3, 0.4) is 0 Å². The van der Waals surface area contributed by atoms with Gasteiger partial charge in [0.15, 0.2) is 9.84 Å². The van der Waals surface area contributed by atoms with Gasteiger partial charge < -0.3 is 20.1 Å². The van der Waals surface area contributed by atoms with Crippen LogP contribution in [-0.2, 0) is 24.2 Å². The standard InChI is InChI=1S/C40H53N3O8S/c1-7-10-12-17-31(30-20-18-29(19-21-30)28-15-13-11-14-16-28)25-34(41-37(47)51-39(4,5)6)35(44)43(40(9-3)26-33(40)36(45)46)38(48)42-23-22-32(27-42)52(49,50)24-8-2/h7,9,11,13-16,18-21,31-34H,1,3,8,10,12,17,22-27H2,2,4-6H3,(H,41,47)(H,45,46)/t31-,32?,33?,34+,40?/m1/s1. The highest BCUT2D eigenvalue weighted by atomic mass is 32.2. The molecule has 2 aromatic rings. The number of rotatable bonds is 16. The second-order valence-corrected chi connectivity index (χ2v) is 17.2. The first-order chi connectivity index (χ1) is 24.6. The van der Waals surface area contributed by atoms with E-state index in [0.29, 0.717) is 12.8 Å². The molecule has 0 spiro atoms. The molecule has 3 unspecified atom stereocenters. The van der Waals surface area contributed by atoms with Crippen LogP contribution in [0.4, 0.5) is 9.59 Å². The molecule has 1 heterocycles. The lowest BCUT2D eigenvalue weighted by Gasteiger charge is -2.36. The van der Waals surface area contributed by atoms with Gasteiger partial charge in [0.2, 0.25) is 0 Å². The van der Waals surface area contributed by atoms with Crippen LogP contribution >= 0.6 is 0 Å². The molecule has 0 radical (unpaired) electrons. The van der Waals surface area contributed by atoms with Gasteiger partial charge in [-0.2, -0.15) is 0 Å². The second kappa shape index (κ2) is 16.9. The van der Waals surface area contributed by atoms with Crippen molar-refractivity contribution in [2.75, 3.05) is 18.8 Å². The number of carbonyl (C=O) groups excluding carboxylic acids is 3. The van der Waals surface area contributed by atoms with Crippen molar-refractivity contribution in [1.29, 1.82) is 0 Å². The Bertz CT molecular complexity index is 1720. The van der Waals surface area contributed by atoms with Gasteiger partial charge >= 0.3 is 18.1 Å². The SMILES string of the molecule is C=CCCC[C@H](C[C@H](NC(=O)OC(C)(C)C)C(=O)N(C(=O)N1CCC(S(=O)(=O)CCC)C1)C1(C=C)CC1C(=O)O)c1ccc(-c2ccccc2)cc1. The molecule has 1 saturated heterocycles. The fraction of sp³-hybridized carbons (Fsp3) is 0.500. The number of urea groups is 1. The van der Waals surface area contributed by atoms with E-state index in [1.807, 2.05) is 60.7 Å². The first-order valence-electron chi connectivity index (χ1n) is 18.0. The van der Waals surface area contributed by atoms with Gasteiger partial charge in [-0.1, -0.05) is 73.7 Å². The molecule has 282 valence electrons. The van der Waals surface area contributed by atoms with Crippen molar-refractivity contribution in [2.24, 2.45) is 5.92 Å². The minimum Gasteiger partial charge on any atom is -0.481 e. The van der Waals surface area contributed by atoms with Gasteiger partial charge in [0.1, 0.15) is 11.6 Å². The molecule has 4 amide bonds. The summed E-state index contributed by atoms with van der Waals surface area (Å²) < 4.78 is 31.4. The van der Waals surface area contributed by atoms with Crippen molar-refractivity contribution >= 4 is 33.8 Å². The quantitative estimate of drug-likeness (QED) is 0.139. The third-order valence-corrected chi connectivity index (χ3v) is 12.2. The Kier molecular flexibility index (Phi) is 13.1. The van der Waals surface area contributed by atoms with Gasteiger partial charge in [0.05, 0.1) is 22.5 Å². The van der Waals surface area contributed by atoms with Crippen LogP contribution in [0.5, 0.6) is 0 Å². The maximum Gasteiger partial charge on any atom is 0.408 e. The number of nitrogens with one attached hydrogen (secondary N) is 1.